The highest BCUT2D eigenvalue weighted by Gasteiger charge is 2.31. The van der Waals surface area contributed by atoms with Gasteiger partial charge in [-0.15, -0.1) is 0 Å². The average Bonchev–Trinajstić information content (AvgIpc) is 2.98. The molecule has 0 unspecified atom stereocenters. The van der Waals surface area contributed by atoms with Crippen LogP contribution in [0.4, 0.5) is 0 Å². The van der Waals surface area contributed by atoms with E-state index in [1.807, 2.05) is 6.08 Å². The van der Waals surface area contributed by atoms with Crippen LogP contribution in [0.2, 0.25) is 0 Å². The molecule has 0 amide bonds. The first kappa shape index (κ1) is 18.4. The van der Waals surface area contributed by atoms with Gasteiger partial charge < -0.3 is 5.41 Å². The van der Waals surface area contributed by atoms with Gasteiger partial charge in [-0.3, -0.25) is 0 Å². The third kappa shape index (κ3) is 3.17. The van der Waals surface area contributed by atoms with Gasteiger partial charge >= 0.3 is 0 Å². The predicted molar refractivity (Wildman–Crippen MR) is 107 cm³/mol. The van der Waals surface area contributed by atoms with Crippen molar-refractivity contribution in [2.24, 2.45) is 5.92 Å². The zero-order chi connectivity index (χ0) is 18.1. The number of hydrogen-bond donors (Lipinski definition) is 1. The van der Waals surface area contributed by atoms with Gasteiger partial charge in [0.25, 0.3) is 0 Å². The lowest BCUT2D eigenvalue weighted by Gasteiger charge is -2.33. The van der Waals surface area contributed by atoms with Gasteiger partial charge in [0.1, 0.15) is 0 Å². The molecule has 0 atom stereocenters. The van der Waals surface area contributed by atoms with E-state index in [0.29, 0.717) is 5.92 Å². The summed E-state index contributed by atoms with van der Waals surface area (Å²) in [5, 5.41) is 7.59. The molecule has 24 heavy (non-hydrogen) atoms. The number of allylic oxidation sites excluding steroid dienone is 5. The van der Waals surface area contributed by atoms with E-state index in [9.17, 15) is 0 Å². The van der Waals surface area contributed by atoms with Crippen LogP contribution in [0.1, 0.15) is 63.8 Å². The fourth-order valence-electron chi connectivity index (χ4n) is 3.44. The van der Waals surface area contributed by atoms with Crippen molar-refractivity contribution in [3.8, 4) is 0 Å². The Morgan fingerprint density at radius 3 is 2.42 bits per heavy atom. The van der Waals surface area contributed by atoms with E-state index in [1.54, 1.807) is 0 Å². The topological polar surface area (TPSA) is 23.9 Å². The van der Waals surface area contributed by atoms with Crippen molar-refractivity contribution in [1.29, 1.82) is 5.41 Å². The first-order chi connectivity index (χ1) is 11.3. The van der Waals surface area contributed by atoms with Crippen LogP contribution in [0, 0.1) is 11.3 Å². The molecule has 0 fully saturated rings. The molecule has 0 saturated heterocycles. The summed E-state index contributed by atoms with van der Waals surface area (Å²) in [7, 11) is 0. The van der Waals surface area contributed by atoms with Crippen molar-refractivity contribution < 1.29 is 0 Å². The second-order valence-electron chi connectivity index (χ2n) is 7.77. The minimum Gasteiger partial charge on any atom is -0.308 e. The number of hydrogen-bond acceptors (Lipinski definition) is 1. The molecule has 1 heteroatoms. The van der Waals surface area contributed by atoms with E-state index >= 15 is 0 Å². The van der Waals surface area contributed by atoms with Gasteiger partial charge in [-0.25, -0.2) is 0 Å². The quantitative estimate of drug-likeness (QED) is 0.488. The van der Waals surface area contributed by atoms with Crippen LogP contribution in [0.5, 0.6) is 0 Å². The fourth-order valence-corrected chi connectivity index (χ4v) is 3.44. The number of nitrogens with one attached hydrogen (secondary N) is 1. The largest absolute Gasteiger partial charge is 0.308 e. The van der Waals surface area contributed by atoms with E-state index < -0.39 is 0 Å². The average molecular weight is 322 g/mol. The molecule has 0 radical (unpaired) electrons. The normalized spacial score (nSPS) is 17.0. The molecular formula is C23H31N. The lowest BCUT2D eigenvalue weighted by molar-refractivity contribution is 0.370. The Kier molecular flexibility index (Phi) is 5.32. The molecule has 2 rings (SSSR count). The summed E-state index contributed by atoms with van der Waals surface area (Å²) in [6.07, 6.45) is 7.54. The molecule has 0 aromatic heterocycles. The van der Waals surface area contributed by atoms with Gasteiger partial charge in [-0.05, 0) is 71.4 Å². The van der Waals surface area contributed by atoms with Crippen molar-refractivity contribution in [1.82, 2.24) is 0 Å². The van der Waals surface area contributed by atoms with Crippen molar-refractivity contribution in [3.05, 3.63) is 64.3 Å². The van der Waals surface area contributed by atoms with E-state index in [1.165, 1.54) is 39.6 Å². The summed E-state index contributed by atoms with van der Waals surface area (Å²) in [6.45, 7) is 17.4. The van der Waals surface area contributed by atoms with Crippen LogP contribution in [-0.2, 0) is 18.3 Å². The van der Waals surface area contributed by atoms with Gasteiger partial charge in [-0.1, -0.05) is 64.1 Å². The smallest absolute Gasteiger partial charge is 0.0206 e. The molecule has 1 aromatic rings. The molecule has 0 aliphatic heterocycles. The maximum absolute atomic E-state index is 7.59. The van der Waals surface area contributed by atoms with Crippen LogP contribution in [0.3, 0.4) is 0 Å². The summed E-state index contributed by atoms with van der Waals surface area (Å²) < 4.78 is 0. The highest BCUT2D eigenvalue weighted by atomic mass is 14.4. The van der Waals surface area contributed by atoms with Crippen LogP contribution >= 0.6 is 0 Å². The number of fused-ring (bicyclic) bond motifs is 1. The highest BCUT2D eigenvalue weighted by Crippen LogP contribution is 2.41. The first-order valence-corrected chi connectivity index (χ1v) is 8.90. The van der Waals surface area contributed by atoms with E-state index in [-0.39, 0.29) is 5.41 Å². The van der Waals surface area contributed by atoms with Crippen LogP contribution in [0.25, 0.3) is 5.57 Å². The molecule has 0 bridgehead atoms. The Labute approximate surface area is 147 Å². The van der Waals surface area contributed by atoms with Crippen LogP contribution in [-0.4, -0.2) is 6.21 Å². The Morgan fingerprint density at radius 2 is 1.92 bits per heavy atom. The molecule has 1 aliphatic rings. The van der Waals surface area contributed by atoms with Gasteiger partial charge in [0.2, 0.25) is 0 Å². The predicted octanol–water partition coefficient (Wildman–Crippen LogP) is 6.27. The SMILES string of the molecule is C=C/C(=C\C)c1cc2c(c(C(C)(C)C(C)C)c1)C/C(=C(/C)C=N)C2. The second-order valence-corrected chi connectivity index (χ2v) is 7.77. The lowest BCUT2D eigenvalue weighted by Crippen LogP contribution is -2.26. The Hall–Kier alpha value is -1.89. The fraction of sp³-hybridized carbons (Fsp3) is 0.435. The van der Waals surface area contributed by atoms with Gasteiger partial charge in [-0.2, -0.15) is 0 Å². The molecule has 1 nitrogen and oxygen atoms in total. The van der Waals surface area contributed by atoms with Gasteiger partial charge in [0.05, 0.1) is 0 Å². The van der Waals surface area contributed by atoms with Crippen LogP contribution in [0.15, 0.2) is 42.0 Å². The molecular weight excluding hydrogens is 290 g/mol. The van der Waals surface area contributed by atoms with Gasteiger partial charge in [0.15, 0.2) is 0 Å². The molecule has 128 valence electrons. The third-order valence-corrected chi connectivity index (χ3v) is 5.91. The zero-order valence-electron chi connectivity index (χ0n) is 16.1. The minimum atomic E-state index is 0.119. The molecule has 1 aliphatic carbocycles. The standard InChI is InChI=1S/C23H31N/c1-8-17(9-2)19-11-20-10-18(16(5)14-24)12-21(20)22(13-19)23(6,7)15(3)4/h8-9,11,13-15,24H,1,10,12H2,2-7H3/b17-9+,18-16-,24-14?. The van der Waals surface area contributed by atoms with Crippen molar-refractivity contribution >= 4 is 11.8 Å². The minimum absolute atomic E-state index is 0.119. The first-order valence-electron chi connectivity index (χ1n) is 8.90. The maximum atomic E-state index is 7.59. The number of benzene rings is 1. The monoisotopic (exact) mass is 321 g/mol. The summed E-state index contributed by atoms with van der Waals surface area (Å²) in [6, 6.07) is 4.70. The zero-order valence-corrected chi connectivity index (χ0v) is 16.1. The summed E-state index contributed by atoms with van der Waals surface area (Å²) in [4.78, 5) is 0. The van der Waals surface area contributed by atoms with E-state index in [4.69, 9.17) is 5.41 Å². The molecule has 1 aromatic carbocycles. The molecule has 0 saturated carbocycles. The second kappa shape index (κ2) is 6.93. The Bertz CT molecular complexity index is 727. The maximum Gasteiger partial charge on any atom is 0.0206 e. The third-order valence-electron chi connectivity index (χ3n) is 5.91. The summed E-state index contributed by atoms with van der Waals surface area (Å²) in [5.41, 5.74) is 9.44. The summed E-state index contributed by atoms with van der Waals surface area (Å²) in [5.74, 6) is 0.562. The summed E-state index contributed by atoms with van der Waals surface area (Å²) >= 11 is 0. The Balaban J connectivity index is 2.72. The van der Waals surface area contributed by atoms with E-state index in [2.05, 4.69) is 66.3 Å². The molecule has 0 spiro atoms. The van der Waals surface area contributed by atoms with Crippen molar-refractivity contribution in [3.63, 3.8) is 0 Å². The van der Waals surface area contributed by atoms with Crippen LogP contribution < -0.4 is 0 Å². The highest BCUT2D eigenvalue weighted by molar-refractivity contribution is 5.78. The lowest BCUT2D eigenvalue weighted by atomic mass is 9.72. The number of rotatable bonds is 5. The Morgan fingerprint density at radius 1 is 1.25 bits per heavy atom. The van der Waals surface area contributed by atoms with E-state index in [0.717, 1.165) is 18.4 Å². The van der Waals surface area contributed by atoms with Crippen molar-refractivity contribution in [2.45, 2.75) is 59.8 Å². The van der Waals surface area contributed by atoms with Gasteiger partial charge in [0, 0.05) is 6.21 Å². The van der Waals surface area contributed by atoms with Crippen molar-refractivity contribution in [2.75, 3.05) is 0 Å². The molecule has 1 N–H and O–H groups in total. The molecule has 0 heterocycles.